The molecule has 2 N–H and O–H groups in total. The number of hydrogen-bond donors (Lipinski definition) is 2. The Morgan fingerprint density at radius 1 is 0.867 bits per heavy atom. The molecule has 0 spiro atoms. The van der Waals surface area contributed by atoms with E-state index in [0.717, 1.165) is 11.1 Å². The number of hydrazone groups is 1. The normalized spacial score (nSPS) is 10.5. The van der Waals surface area contributed by atoms with Crippen molar-refractivity contribution in [2.75, 3.05) is 6.61 Å². The number of nitrogens with one attached hydrogen (secondary N) is 1. The van der Waals surface area contributed by atoms with E-state index in [1.54, 1.807) is 48.5 Å². The molecule has 0 atom stereocenters. The number of ether oxygens (including phenoxy) is 2. The van der Waals surface area contributed by atoms with Gasteiger partial charge in [0.1, 0.15) is 18.1 Å². The van der Waals surface area contributed by atoms with Crippen molar-refractivity contribution in [3.8, 4) is 11.5 Å². The van der Waals surface area contributed by atoms with E-state index in [1.165, 1.54) is 6.21 Å². The number of amides is 1. The maximum atomic E-state index is 12.2. The summed E-state index contributed by atoms with van der Waals surface area (Å²) in [6.45, 7) is 0.0520. The Kier molecular flexibility index (Phi) is 7.16. The number of hydrogen-bond acceptors (Lipinski definition) is 5. The molecule has 0 radical (unpaired) electrons. The first-order valence-electron chi connectivity index (χ1n) is 9.15. The molecule has 152 valence electrons. The lowest BCUT2D eigenvalue weighted by molar-refractivity contribution is -0.139. The van der Waals surface area contributed by atoms with Gasteiger partial charge < -0.3 is 14.6 Å². The molecule has 3 aromatic carbocycles. The highest BCUT2D eigenvalue weighted by atomic mass is 16.5. The monoisotopic (exact) mass is 404 g/mol. The second-order valence-electron chi connectivity index (χ2n) is 6.25. The van der Waals surface area contributed by atoms with Crippen molar-refractivity contribution in [3.63, 3.8) is 0 Å². The van der Waals surface area contributed by atoms with Gasteiger partial charge in [0, 0.05) is 5.56 Å². The van der Waals surface area contributed by atoms with Crippen LogP contribution in [-0.4, -0.2) is 29.8 Å². The number of carboxylic acids is 1. The molecule has 0 heterocycles. The van der Waals surface area contributed by atoms with Gasteiger partial charge >= 0.3 is 5.97 Å². The van der Waals surface area contributed by atoms with E-state index in [1.807, 2.05) is 30.3 Å². The van der Waals surface area contributed by atoms with E-state index in [9.17, 15) is 9.59 Å². The zero-order valence-corrected chi connectivity index (χ0v) is 16.0. The molecular weight excluding hydrogens is 384 g/mol. The lowest BCUT2D eigenvalue weighted by Gasteiger charge is -2.07. The van der Waals surface area contributed by atoms with Gasteiger partial charge in [-0.15, -0.1) is 0 Å². The molecule has 0 saturated carbocycles. The molecule has 1 amide bonds. The summed E-state index contributed by atoms with van der Waals surface area (Å²) < 4.78 is 10.8. The van der Waals surface area contributed by atoms with Crippen LogP contribution in [0.2, 0.25) is 0 Å². The van der Waals surface area contributed by atoms with E-state index in [0.29, 0.717) is 23.7 Å². The van der Waals surface area contributed by atoms with Crippen LogP contribution in [0, 0.1) is 0 Å². The summed E-state index contributed by atoms with van der Waals surface area (Å²) in [6, 6.07) is 23.3. The second kappa shape index (κ2) is 10.4. The van der Waals surface area contributed by atoms with Crippen molar-refractivity contribution in [3.05, 3.63) is 95.6 Å². The number of nitrogens with zero attached hydrogens (tertiary/aromatic N) is 1. The van der Waals surface area contributed by atoms with Crippen LogP contribution >= 0.6 is 0 Å². The third kappa shape index (κ3) is 6.49. The Morgan fingerprint density at radius 2 is 1.50 bits per heavy atom. The smallest absolute Gasteiger partial charge is 0.341 e. The highest BCUT2D eigenvalue weighted by Gasteiger charge is 2.05. The molecule has 0 aliphatic carbocycles. The maximum Gasteiger partial charge on any atom is 0.341 e. The van der Waals surface area contributed by atoms with Crippen LogP contribution in [0.4, 0.5) is 0 Å². The molecule has 7 nitrogen and oxygen atoms in total. The van der Waals surface area contributed by atoms with Gasteiger partial charge in [-0.25, -0.2) is 10.2 Å². The molecule has 0 aliphatic heterocycles. The van der Waals surface area contributed by atoms with E-state index < -0.39 is 12.6 Å². The lowest BCUT2D eigenvalue weighted by Crippen LogP contribution is -2.17. The van der Waals surface area contributed by atoms with Gasteiger partial charge in [0.15, 0.2) is 6.61 Å². The molecule has 3 aromatic rings. The summed E-state index contributed by atoms with van der Waals surface area (Å²) in [7, 11) is 0. The van der Waals surface area contributed by atoms with Crippen LogP contribution in [0.15, 0.2) is 84.0 Å². The van der Waals surface area contributed by atoms with Crippen LogP contribution in [0.3, 0.4) is 0 Å². The van der Waals surface area contributed by atoms with Crippen LogP contribution in [0.5, 0.6) is 11.5 Å². The molecule has 0 fully saturated rings. The minimum Gasteiger partial charge on any atom is -0.489 e. The third-order valence-electron chi connectivity index (χ3n) is 3.99. The van der Waals surface area contributed by atoms with Gasteiger partial charge in [0.25, 0.3) is 5.91 Å². The summed E-state index contributed by atoms with van der Waals surface area (Å²) in [5, 5.41) is 12.5. The Labute approximate surface area is 173 Å². The van der Waals surface area contributed by atoms with Crippen LogP contribution in [0.1, 0.15) is 21.5 Å². The Morgan fingerprint density at radius 3 is 2.17 bits per heavy atom. The fraction of sp³-hybridized carbons (Fsp3) is 0.0870. The van der Waals surface area contributed by atoms with Crippen molar-refractivity contribution in [1.82, 2.24) is 5.43 Å². The summed E-state index contributed by atoms with van der Waals surface area (Å²) in [6.07, 6.45) is 1.48. The van der Waals surface area contributed by atoms with E-state index in [4.69, 9.17) is 14.6 Å². The summed E-state index contributed by atoms with van der Waals surface area (Å²) in [5.74, 6) is -0.279. The van der Waals surface area contributed by atoms with Crippen LogP contribution in [0.25, 0.3) is 0 Å². The summed E-state index contributed by atoms with van der Waals surface area (Å²) in [4.78, 5) is 22.7. The van der Waals surface area contributed by atoms with Gasteiger partial charge in [0.05, 0.1) is 6.21 Å². The quantitative estimate of drug-likeness (QED) is 0.420. The number of aliphatic carboxylic acids is 1. The van der Waals surface area contributed by atoms with Crippen molar-refractivity contribution in [2.24, 2.45) is 5.10 Å². The van der Waals surface area contributed by atoms with Crippen LogP contribution in [-0.2, 0) is 11.4 Å². The highest BCUT2D eigenvalue weighted by molar-refractivity contribution is 5.95. The number of rotatable bonds is 9. The van der Waals surface area contributed by atoms with E-state index in [2.05, 4.69) is 10.5 Å². The first-order valence-corrected chi connectivity index (χ1v) is 9.15. The summed E-state index contributed by atoms with van der Waals surface area (Å²) >= 11 is 0. The Hall–Kier alpha value is -4.13. The zero-order valence-electron chi connectivity index (χ0n) is 16.0. The number of benzene rings is 3. The lowest BCUT2D eigenvalue weighted by atomic mass is 10.2. The standard InChI is InChI=1S/C23H20N2O5/c26-22(27)16-30-20-10-6-17(7-11-20)14-24-25-23(28)19-8-12-21(13-9-19)29-15-18-4-2-1-3-5-18/h1-14H,15-16H2,(H,25,28)(H,26,27)/b24-14-. The third-order valence-corrected chi connectivity index (χ3v) is 3.99. The molecule has 0 bridgehead atoms. The van der Waals surface area contributed by atoms with Crippen molar-refractivity contribution in [2.45, 2.75) is 6.61 Å². The predicted octanol–water partition coefficient (Wildman–Crippen LogP) is 3.49. The number of carbonyl (C=O) groups is 2. The topological polar surface area (TPSA) is 97.2 Å². The average Bonchev–Trinajstić information content (AvgIpc) is 2.78. The first kappa shape index (κ1) is 20.6. The van der Waals surface area contributed by atoms with Crippen LogP contribution < -0.4 is 14.9 Å². The van der Waals surface area contributed by atoms with Crippen molar-refractivity contribution in [1.29, 1.82) is 0 Å². The fourth-order valence-corrected chi connectivity index (χ4v) is 2.47. The van der Waals surface area contributed by atoms with E-state index in [-0.39, 0.29) is 5.91 Å². The largest absolute Gasteiger partial charge is 0.489 e. The number of carboxylic acid groups (broad SMARTS) is 1. The van der Waals surface area contributed by atoms with Crippen molar-refractivity contribution < 1.29 is 24.2 Å². The van der Waals surface area contributed by atoms with E-state index >= 15 is 0 Å². The molecule has 30 heavy (non-hydrogen) atoms. The fourth-order valence-electron chi connectivity index (χ4n) is 2.47. The number of carbonyl (C=O) groups excluding carboxylic acids is 1. The second-order valence-corrected chi connectivity index (χ2v) is 6.25. The Bertz CT molecular complexity index is 1000. The summed E-state index contributed by atoms with van der Waals surface area (Å²) in [5.41, 5.74) is 4.70. The molecule has 3 rings (SSSR count). The molecule has 0 unspecified atom stereocenters. The molecular formula is C23H20N2O5. The van der Waals surface area contributed by atoms with Gasteiger partial charge in [-0.3, -0.25) is 4.79 Å². The molecule has 7 heteroatoms. The maximum absolute atomic E-state index is 12.2. The zero-order chi connectivity index (χ0) is 21.2. The first-order chi connectivity index (χ1) is 14.6. The Balaban J connectivity index is 1.47. The van der Waals surface area contributed by atoms with Crippen molar-refractivity contribution >= 4 is 18.1 Å². The van der Waals surface area contributed by atoms with Gasteiger partial charge in [-0.2, -0.15) is 5.10 Å². The highest BCUT2D eigenvalue weighted by Crippen LogP contribution is 2.14. The molecule has 0 aliphatic rings. The predicted molar refractivity (Wildman–Crippen MR) is 112 cm³/mol. The van der Waals surface area contributed by atoms with Gasteiger partial charge in [-0.1, -0.05) is 30.3 Å². The molecule has 0 aromatic heterocycles. The van der Waals surface area contributed by atoms with Gasteiger partial charge in [-0.05, 0) is 59.7 Å². The average molecular weight is 404 g/mol. The molecule has 0 saturated heterocycles. The minimum absolute atomic E-state index is 0.345. The van der Waals surface area contributed by atoms with Gasteiger partial charge in [0.2, 0.25) is 0 Å². The minimum atomic E-state index is -1.04. The SMILES string of the molecule is O=C(O)COc1ccc(/C=N\NC(=O)c2ccc(OCc3ccccc3)cc2)cc1.